The number of cyclic esters (lactones) is 1. The van der Waals surface area contributed by atoms with Crippen molar-refractivity contribution < 1.29 is 23.5 Å². The van der Waals surface area contributed by atoms with Crippen LogP contribution in [0, 0.1) is 6.92 Å². The number of rotatable bonds is 2. The standard InChI is InChI=1S/C21H28ClNO5/c1-14-23-15(13-26-14)11-17(22)19-12-20-18(27-20)9-5-3-2-4-7-16(24)8-6-10-21(25)28-19/h11,13,18-20H,2-10,12H2,1H3. The molecule has 154 valence electrons. The summed E-state index contributed by atoms with van der Waals surface area (Å²) in [6.45, 7) is 1.75. The van der Waals surface area contributed by atoms with Crippen molar-refractivity contribution in [2.75, 3.05) is 0 Å². The Morgan fingerprint density at radius 1 is 1.11 bits per heavy atom. The number of oxazole rings is 1. The third-order valence-corrected chi connectivity index (χ3v) is 5.52. The topological polar surface area (TPSA) is 81.9 Å². The fourth-order valence-corrected chi connectivity index (χ4v) is 3.79. The fourth-order valence-electron chi connectivity index (χ4n) is 3.54. The van der Waals surface area contributed by atoms with Gasteiger partial charge in [0.15, 0.2) is 5.89 Å². The van der Waals surface area contributed by atoms with Crippen LogP contribution in [0.5, 0.6) is 0 Å². The van der Waals surface area contributed by atoms with Gasteiger partial charge in [0.05, 0.1) is 17.2 Å². The number of fused-ring (bicyclic) bond motifs is 1. The molecule has 0 saturated carbocycles. The molecule has 3 rings (SSSR count). The molecule has 0 amide bonds. The number of ether oxygens (including phenoxy) is 2. The van der Waals surface area contributed by atoms with Gasteiger partial charge in [-0.05, 0) is 25.3 Å². The number of aromatic nitrogens is 1. The van der Waals surface area contributed by atoms with Gasteiger partial charge in [-0.1, -0.05) is 30.9 Å². The quantitative estimate of drug-likeness (QED) is 0.519. The smallest absolute Gasteiger partial charge is 0.306 e. The van der Waals surface area contributed by atoms with E-state index in [4.69, 9.17) is 25.5 Å². The first-order valence-electron chi connectivity index (χ1n) is 10.2. The molecule has 0 N–H and O–H groups in total. The van der Waals surface area contributed by atoms with Crippen LogP contribution in [0.4, 0.5) is 0 Å². The number of hydrogen-bond acceptors (Lipinski definition) is 6. The van der Waals surface area contributed by atoms with Gasteiger partial charge in [0, 0.05) is 32.6 Å². The van der Waals surface area contributed by atoms with Crippen LogP contribution in [0.25, 0.3) is 6.08 Å². The lowest BCUT2D eigenvalue weighted by Crippen LogP contribution is -2.21. The zero-order valence-corrected chi connectivity index (χ0v) is 17.1. The molecular formula is C21H28ClNO5. The van der Waals surface area contributed by atoms with Crippen molar-refractivity contribution >= 4 is 29.4 Å². The molecule has 0 aromatic carbocycles. The lowest BCUT2D eigenvalue weighted by atomic mass is 10.0. The lowest BCUT2D eigenvalue weighted by molar-refractivity contribution is -0.147. The van der Waals surface area contributed by atoms with E-state index in [-0.39, 0.29) is 30.4 Å². The second-order valence-corrected chi connectivity index (χ2v) is 8.03. The average Bonchev–Trinajstić information content (AvgIpc) is 3.25. The molecule has 7 heteroatoms. The Kier molecular flexibility index (Phi) is 7.68. The molecule has 2 aliphatic heterocycles. The average molecular weight is 410 g/mol. The summed E-state index contributed by atoms with van der Waals surface area (Å²) in [5.74, 6) is 0.423. The molecule has 0 bridgehead atoms. The first-order chi connectivity index (χ1) is 13.5. The summed E-state index contributed by atoms with van der Waals surface area (Å²) in [5.41, 5.74) is 0.588. The predicted molar refractivity (Wildman–Crippen MR) is 105 cm³/mol. The highest BCUT2D eigenvalue weighted by atomic mass is 35.5. The normalized spacial score (nSPS) is 28.5. The van der Waals surface area contributed by atoms with Crippen LogP contribution in [0.15, 0.2) is 15.7 Å². The molecule has 1 aromatic rings. The first-order valence-corrected chi connectivity index (χ1v) is 10.5. The van der Waals surface area contributed by atoms with E-state index < -0.39 is 6.10 Å². The first kappa shape index (κ1) is 21.1. The summed E-state index contributed by atoms with van der Waals surface area (Å²) in [4.78, 5) is 28.4. The number of epoxide rings is 1. The van der Waals surface area contributed by atoms with Crippen LogP contribution >= 0.6 is 11.6 Å². The van der Waals surface area contributed by atoms with Crippen LogP contribution in [-0.2, 0) is 19.1 Å². The second-order valence-electron chi connectivity index (χ2n) is 7.59. The molecule has 3 heterocycles. The number of carbonyl (C=O) groups excluding carboxylic acids is 2. The van der Waals surface area contributed by atoms with Crippen molar-refractivity contribution in [2.45, 2.75) is 89.4 Å². The summed E-state index contributed by atoms with van der Waals surface area (Å²) < 4.78 is 16.6. The summed E-state index contributed by atoms with van der Waals surface area (Å²) in [6.07, 6.45) is 10.3. The highest BCUT2D eigenvalue weighted by Crippen LogP contribution is 2.34. The van der Waals surface area contributed by atoms with Crippen LogP contribution in [0.2, 0.25) is 0 Å². The van der Waals surface area contributed by atoms with E-state index in [1.165, 1.54) is 6.26 Å². The third kappa shape index (κ3) is 6.74. The van der Waals surface area contributed by atoms with E-state index in [2.05, 4.69) is 4.98 Å². The van der Waals surface area contributed by atoms with Gasteiger partial charge in [-0.3, -0.25) is 9.59 Å². The minimum atomic E-state index is -0.579. The molecule has 2 aliphatic rings. The van der Waals surface area contributed by atoms with Crippen molar-refractivity contribution in [3.8, 4) is 0 Å². The number of Topliss-reactive ketones (excluding diaryl/α,β-unsaturated/α-hetero) is 1. The summed E-state index contributed by atoms with van der Waals surface area (Å²) in [6, 6.07) is 0. The summed E-state index contributed by atoms with van der Waals surface area (Å²) in [5, 5.41) is 0.396. The molecule has 3 atom stereocenters. The van der Waals surface area contributed by atoms with Crippen LogP contribution in [-0.4, -0.2) is 35.0 Å². The number of carbonyl (C=O) groups is 2. The Bertz CT molecular complexity index is 713. The van der Waals surface area contributed by atoms with Gasteiger partial charge in [0.1, 0.15) is 23.8 Å². The Morgan fingerprint density at radius 3 is 2.68 bits per heavy atom. The van der Waals surface area contributed by atoms with Gasteiger partial charge in [0.2, 0.25) is 0 Å². The maximum atomic E-state index is 12.3. The summed E-state index contributed by atoms with van der Waals surface area (Å²) in [7, 11) is 0. The van der Waals surface area contributed by atoms with E-state index in [1.807, 2.05) is 0 Å². The van der Waals surface area contributed by atoms with E-state index in [9.17, 15) is 9.59 Å². The number of ketones is 1. The van der Waals surface area contributed by atoms with Crippen LogP contribution in [0.3, 0.4) is 0 Å². The van der Waals surface area contributed by atoms with Crippen molar-refractivity contribution in [3.05, 3.63) is 22.9 Å². The molecule has 0 spiro atoms. The monoisotopic (exact) mass is 409 g/mol. The molecule has 3 unspecified atom stereocenters. The molecule has 0 radical (unpaired) electrons. The van der Waals surface area contributed by atoms with E-state index in [0.717, 1.165) is 32.1 Å². The van der Waals surface area contributed by atoms with E-state index in [1.54, 1.807) is 13.0 Å². The molecule has 1 aromatic heterocycles. The predicted octanol–water partition coefficient (Wildman–Crippen LogP) is 4.73. The molecule has 2 fully saturated rings. The number of esters is 1. The fraction of sp³-hybridized carbons (Fsp3) is 0.667. The molecule has 28 heavy (non-hydrogen) atoms. The number of hydrogen-bond donors (Lipinski definition) is 0. The highest BCUT2D eigenvalue weighted by Gasteiger charge is 2.41. The van der Waals surface area contributed by atoms with Crippen molar-refractivity contribution in [1.29, 1.82) is 0 Å². The molecule has 2 saturated heterocycles. The zero-order valence-electron chi connectivity index (χ0n) is 16.3. The van der Waals surface area contributed by atoms with Crippen molar-refractivity contribution in [3.63, 3.8) is 0 Å². The van der Waals surface area contributed by atoms with Crippen LogP contribution in [0.1, 0.15) is 75.8 Å². The number of nitrogens with zero attached hydrogens (tertiary/aromatic N) is 1. The van der Waals surface area contributed by atoms with E-state index in [0.29, 0.717) is 42.3 Å². The zero-order chi connectivity index (χ0) is 19.9. The van der Waals surface area contributed by atoms with Gasteiger partial charge in [-0.25, -0.2) is 4.98 Å². The summed E-state index contributed by atoms with van der Waals surface area (Å²) >= 11 is 6.47. The lowest BCUT2D eigenvalue weighted by Gasteiger charge is -2.17. The SMILES string of the molecule is Cc1nc(C=C(Cl)C2CC3OC3CCCCCCC(=O)CCCC(=O)O2)co1. The maximum Gasteiger partial charge on any atom is 0.306 e. The second kappa shape index (κ2) is 10.2. The number of halogens is 1. The molecular weight excluding hydrogens is 382 g/mol. The Hall–Kier alpha value is -1.66. The minimum Gasteiger partial charge on any atom is -0.456 e. The number of aryl methyl sites for hydroxylation is 1. The van der Waals surface area contributed by atoms with E-state index >= 15 is 0 Å². The van der Waals surface area contributed by atoms with Gasteiger partial charge >= 0.3 is 5.97 Å². The van der Waals surface area contributed by atoms with Gasteiger partial charge in [-0.2, -0.15) is 0 Å². The largest absolute Gasteiger partial charge is 0.456 e. The Balaban J connectivity index is 1.65. The molecule has 6 nitrogen and oxygen atoms in total. The third-order valence-electron chi connectivity index (χ3n) is 5.17. The Morgan fingerprint density at radius 2 is 1.89 bits per heavy atom. The van der Waals surface area contributed by atoms with Crippen LogP contribution < -0.4 is 0 Å². The van der Waals surface area contributed by atoms with Crippen molar-refractivity contribution in [2.24, 2.45) is 0 Å². The van der Waals surface area contributed by atoms with Gasteiger partial charge in [0.25, 0.3) is 0 Å². The molecule has 0 aliphatic carbocycles. The maximum absolute atomic E-state index is 12.3. The minimum absolute atomic E-state index is 0.0634. The van der Waals surface area contributed by atoms with Crippen molar-refractivity contribution in [1.82, 2.24) is 4.98 Å². The Labute approximate surface area is 170 Å². The highest BCUT2D eigenvalue weighted by molar-refractivity contribution is 6.32. The van der Waals surface area contributed by atoms with Gasteiger partial charge in [-0.15, -0.1) is 0 Å². The van der Waals surface area contributed by atoms with Gasteiger partial charge < -0.3 is 13.9 Å².